The lowest BCUT2D eigenvalue weighted by Crippen LogP contribution is -2.38. The standard InChI is InChI=1S/C31H34N2O4S/c1-22(2)25-8-13-30-29(19-25)26(21-37-30)20-31(34)32-27-9-11-28(12-10-27)38(35,36)33-16-14-24(15-17-33)18-23-6-4-3-5-7-23/h3-13,19,21-22,24H,14-18,20H2,1-2H3,(H,32,34). The Bertz CT molecular complexity index is 1500. The minimum Gasteiger partial charge on any atom is -0.464 e. The van der Waals surface area contributed by atoms with Crippen molar-refractivity contribution < 1.29 is 17.6 Å². The van der Waals surface area contributed by atoms with Gasteiger partial charge in [-0.05, 0) is 78.6 Å². The molecular weight excluding hydrogens is 496 g/mol. The number of furan rings is 1. The molecule has 4 aromatic rings. The van der Waals surface area contributed by atoms with Crippen LogP contribution in [0.2, 0.25) is 0 Å². The maximum atomic E-state index is 13.2. The second kappa shape index (κ2) is 11.1. The average Bonchev–Trinajstić information content (AvgIpc) is 3.31. The Labute approximate surface area is 224 Å². The van der Waals surface area contributed by atoms with Gasteiger partial charge in [-0.3, -0.25) is 4.79 Å². The number of nitrogens with zero attached hydrogens (tertiary/aromatic N) is 1. The summed E-state index contributed by atoms with van der Waals surface area (Å²) < 4.78 is 33.7. The average molecular weight is 531 g/mol. The molecule has 1 aromatic heterocycles. The highest BCUT2D eigenvalue weighted by molar-refractivity contribution is 7.89. The second-order valence-corrected chi connectivity index (χ2v) is 12.4. The van der Waals surface area contributed by atoms with Gasteiger partial charge in [0.2, 0.25) is 15.9 Å². The largest absolute Gasteiger partial charge is 0.464 e. The number of piperidine rings is 1. The topological polar surface area (TPSA) is 79.6 Å². The summed E-state index contributed by atoms with van der Waals surface area (Å²) in [7, 11) is -3.57. The van der Waals surface area contributed by atoms with Gasteiger partial charge in [-0.15, -0.1) is 0 Å². The first-order chi connectivity index (χ1) is 18.3. The maximum absolute atomic E-state index is 13.2. The number of rotatable bonds is 8. The molecule has 0 aliphatic carbocycles. The highest BCUT2D eigenvalue weighted by atomic mass is 32.2. The first-order valence-electron chi connectivity index (χ1n) is 13.2. The van der Waals surface area contributed by atoms with Gasteiger partial charge in [-0.2, -0.15) is 4.31 Å². The Balaban J connectivity index is 1.18. The summed E-state index contributed by atoms with van der Waals surface area (Å²) >= 11 is 0. The van der Waals surface area contributed by atoms with E-state index in [2.05, 4.69) is 37.4 Å². The fraction of sp³-hybridized carbons (Fsp3) is 0.323. The smallest absolute Gasteiger partial charge is 0.243 e. The molecule has 0 bridgehead atoms. The normalized spacial score (nSPS) is 15.2. The molecule has 1 saturated heterocycles. The van der Waals surface area contributed by atoms with Crippen LogP contribution in [0.15, 0.2) is 88.4 Å². The fourth-order valence-electron chi connectivity index (χ4n) is 5.13. The number of carbonyl (C=O) groups is 1. The number of nitrogens with one attached hydrogen (secondary N) is 1. The van der Waals surface area contributed by atoms with Gasteiger partial charge in [0.05, 0.1) is 17.6 Å². The highest BCUT2D eigenvalue weighted by Crippen LogP contribution is 2.28. The van der Waals surface area contributed by atoms with Gasteiger partial charge < -0.3 is 9.73 Å². The van der Waals surface area contributed by atoms with Crippen molar-refractivity contribution in [3.8, 4) is 0 Å². The summed E-state index contributed by atoms with van der Waals surface area (Å²) in [5.74, 6) is 0.691. The lowest BCUT2D eigenvalue weighted by Gasteiger charge is -2.31. The lowest BCUT2D eigenvalue weighted by molar-refractivity contribution is -0.115. The van der Waals surface area contributed by atoms with Gasteiger partial charge in [0.25, 0.3) is 0 Å². The van der Waals surface area contributed by atoms with Gasteiger partial charge in [0.15, 0.2) is 0 Å². The molecule has 5 rings (SSSR count). The molecule has 38 heavy (non-hydrogen) atoms. The molecule has 1 aliphatic rings. The van der Waals surface area contributed by atoms with Crippen LogP contribution in [0.3, 0.4) is 0 Å². The van der Waals surface area contributed by atoms with Crippen LogP contribution in [0.25, 0.3) is 11.0 Å². The molecule has 1 fully saturated rings. The number of hydrogen-bond donors (Lipinski definition) is 1. The van der Waals surface area contributed by atoms with Crippen LogP contribution in [0.5, 0.6) is 0 Å². The van der Waals surface area contributed by atoms with Crippen molar-refractivity contribution in [3.05, 3.63) is 95.7 Å². The van der Waals surface area contributed by atoms with Crippen molar-refractivity contribution >= 4 is 32.6 Å². The van der Waals surface area contributed by atoms with Crippen LogP contribution in [0.4, 0.5) is 5.69 Å². The Morgan fingerprint density at radius 2 is 1.71 bits per heavy atom. The minimum absolute atomic E-state index is 0.173. The number of carbonyl (C=O) groups excluding carboxylic acids is 1. The SMILES string of the molecule is CC(C)c1ccc2occ(CC(=O)Nc3ccc(S(=O)(=O)N4CCC(Cc5ccccc5)CC4)cc3)c2c1. The van der Waals surface area contributed by atoms with E-state index >= 15 is 0 Å². The maximum Gasteiger partial charge on any atom is 0.243 e. The van der Waals surface area contributed by atoms with Crippen molar-refractivity contribution in [3.63, 3.8) is 0 Å². The van der Waals surface area contributed by atoms with E-state index in [1.54, 1.807) is 34.8 Å². The van der Waals surface area contributed by atoms with Crippen LogP contribution < -0.4 is 5.32 Å². The number of anilines is 1. The number of benzene rings is 3. The number of sulfonamides is 1. The Morgan fingerprint density at radius 1 is 1.00 bits per heavy atom. The van der Waals surface area contributed by atoms with E-state index in [0.29, 0.717) is 30.6 Å². The molecule has 2 heterocycles. The van der Waals surface area contributed by atoms with Crippen LogP contribution in [0.1, 0.15) is 49.3 Å². The molecule has 198 valence electrons. The molecule has 1 aliphatic heterocycles. The molecule has 1 amide bonds. The summed E-state index contributed by atoms with van der Waals surface area (Å²) in [4.78, 5) is 13.0. The third-order valence-corrected chi connectivity index (χ3v) is 9.32. The summed E-state index contributed by atoms with van der Waals surface area (Å²) in [6.45, 7) is 5.31. The number of hydrogen-bond acceptors (Lipinski definition) is 4. The van der Waals surface area contributed by atoms with E-state index in [-0.39, 0.29) is 17.2 Å². The Kier molecular flexibility index (Phi) is 7.68. The van der Waals surface area contributed by atoms with Crippen molar-refractivity contribution in [1.82, 2.24) is 4.31 Å². The first-order valence-corrected chi connectivity index (χ1v) is 14.7. The summed E-state index contributed by atoms with van der Waals surface area (Å²) in [6, 6.07) is 22.9. The van der Waals surface area contributed by atoms with Crippen LogP contribution in [-0.4, -0.2) is 31.7 Å². The summed E-state index contributed by atoms with van der Waals surface area (Å²) in [5, 5.41) is 3.83. The third kappa shape index (κ3) is 5.84. The number of amides is 1. The highest BCUT2D eigenvalue weighted by Gasteiger charge is 2.29. The lowest BCUT2D eigenvalue weighted by atomic mass is 9.91. The van der Waals surface area contributed by atoms with E-state index in [4.69, 9.17) is 4.42 Å². The van der Waals surface area contributed by atoms with Crippen LogP contribution in [0, 0.1) is 5.92 Å². The molecule has 0 saturated carbocycles. The van der Waals surface area contributed by atoms with E-state index in [1.807, 2.05) is 30.3 Å². The van der Waals surface area contributed by atoms with E-state index in [0.717, 1.165) is 35.8 Å². The van der Waals surface area contributed by atoms with E-state index in [1.165, 1.54) is 11.1 Å². The zero-order valence-electron chi connectivity index (χ0n) is 21.9. The molecule has 0 atom stereocenters. The van der Waals surface area contributed by atoms with Gasteiger partial charge >= 0.3 is 0 Å². The van der Waals surface area contributed by atoms with Crippen LogP contribution >= 0.6 is 0 Å². The third-order valence-electron chi connectivity index (χ3n) is 7.41. The zero-order valence-corrected chi connectivity index (χ0v) is 22.7. The quantitative estimate of drug-likeness (QED) is 0.287. The fourth-order valence-corrected chi connectivity index (χ4v) is 6.60. The molecule has 0 unspecified atom stereocenters. The predicted octanol–water partition coefficient (Wildman–Crippen LogP) is 6.38. The van der Waals surface area contributed by atoms with Crippen molar-refractivity contribution in [2.75, 3.05) is 18.4 Å². The molecular formula is C31H34N2O4S. The van der Waals surface area contributed by atoms with Crippen LogP contribution in [-0.2, 0) is 27.7 Å². The predicted molar refractivity (Wildman–Crippen MR) is 151 cm³/mol. The summed E-state index contributed by atoms with van der Waals surface area (Å²) in [6.07, 6.45) is 4.49. The first kappa shape index (κ1) is 26.2. The monoisotopic (exact) mass is 530 g/mol. The second-order valence-electron chi connectivity index (χ2n) is 10.5. The molecule has 1 N–H and O–H groups in total. The zero-order chi connectivity index (χ0) is 26.7. The van der Waals surface area contributed by atoms with Gasteiger partial charge in [0.1, 0.15) is 5.58 Å². The van der Waals surface area contributed by atoms with Gasteiger partial charge in [-0.25, -0.2) is 8.42 Å². The number of fused-ring (bicyclic) bond motifs is 1. The van der Waals surface area contributed by atoms with E-state index < -0.39 is 10.0 Å². The summed E-state index contributed by atoms with van der Waals surface area (Å²) in [5.41, 5.74) is 4.64. The molecule has 0 radical (unpaired) electrons. The molecule has 6 nitrogen and oxygen atoms in total. The van der Waals surface area contributed by atoms with Gasteiger partial charge in [0, 0.05) is 29.7 Å². The minimum atomic E-state index is -3.57. The van der Waals surface area contributed by atoms with E-state index in [9.17, 15) is 13.2 Å². The van der Waals surface area contributed by atoms with Crippen molar-refractivity contribution in [2.24, 2.45) is 5.92 Å². The molecule has 7 heteroatoms. The molecule has 0 spiro atoms. The van der Waals surface area contributed by atoms with Crippen molar-refractivity contribution in [2.45, 2.75) is 50.3 Å². The van der Waals surface area contributed by atoms with Gasteiger partial charge in [-0.1, -0.05) is 50.2 Å². The molecule has 3 aromatic carbocycles. The van der Waals surface area contributed by atoms with Crippen molar-refractivity contribution in [1.29, 1.82) is 0 Å². The Morgan fingerprint density at radius 3 is 2.39 bits per heavy atom. The Hall–Kier alpha value is -3.42.